The Kier molecular flexibility index (Phi) is 6.78. The van der Waals surface area contributed by atoms with Crippen molar-refractivity contribution in [3.05, 3.63) is 65.0 Å². The number of hydrogen-bond acceptors (Lipinski definition) is 4. The molecule has 0 bridgehead atoms. The lowest BCUT2D eigenvalue weighted by molar-refractivity contribution is 0.0683. The molecule has 2 aromatic rings. The number of anilines is 1. The van der Waals surface area contributed by atoms with E-state index in [4.69, 9.17) is 14.9 Å². The lowest BCUT2D eigenvalue weighted by Gasteiger charge is -2.29. The summed E-state index contributed by atoms with van der Waals surface area (Å²) >= 11 is 0. The third-order valence-electron chi connectivity index (χ3n) is 3.70. The van der Waals surface area contributed by atoms with Crippen molar-refractivity contribution >= 4 is 17.6 Å². The normalized spacial score (nSPS) is 13.5. The van der Waals surface area contributed by atoms with Crippen molar-refractivity contribution in [1.82, 2.24) is 0 Å². The highest BCUT2D eigenvalue weighted by Crippen LogP contribution is 2.23. The molecular weight excluding hydrogens is 367 g/mol. The van der Waals surface area contributed by atoms with Gasteiger partial charge < -0.3 is 19.8 Å². The van der Waals surface area contributed by atoms with Crippen LogP contribution in [0.5, 0.6) is 0 Å². The zero-order valence-corrected chi connectivity index (χ0v) is 14.0. The second kappa shape index (κ2) is 9.04. The number of halogens is 3. The molecule has 9 heteroatoms. The van der Waals surface area contributed by atoms with E-state index in [0.29, 0.717) is 38.1 Å². The molecule has 1 saturated heterocycles. The molecule has 144 valence electrons. The lowest BCUT2D eigenvalue weighted by Crippen LogP contribution is -2.37. The minimum absolute atomic E-state index is 0.128. The first-order valence-electron chi connectivity index (χ1n) is 7.83. The van der Waals surface area contributed by atoms with E-state index in [0.717, 1.165) is 18.2 Å². The van der Waals surface area contributed by atoms with Crippen molar-refractivity contribution < 1.29 is 37.7 Å². The van der Waals surface area contributed by atoms with Gasteiger partial charge in [-0.25, -0.2) is 22.8 Å². The summed E-state index contributed by atoms with van der Waals surface area (Å²) in [6, 6.07) is 6.02. The highest BCUT2D eigenvalue weighted by molar-refractivity contribution is 5.94. The molecule has 6 nitrogen and oxygen atoms in total. The van der Waals surface area contributed by atoms with Crippen LogP contribution in [0.2, 0.25) is 0 Å². The van der Waals surface area contributed by atoms with Gasteiger partial charge in [-0.2, -0.15) is 0 Å². The molecule has 0 radical (unpaired) electrons. The summed E-state index contributed by atoms with van der Waals surface area (Å²) in [4.78, 5) is 23.0. The van der Waals surface area contributed by atoms with E-state index in [1.54, 1.807) is 0 Å². The van der Waals surface area contributed by atoms with Crippen molar-refractivity contribution in [2.45, 2.75) is 0 Å². The second-order valence-electron chi connectivity index (χ2n) is 5.50. The molecule has 0 spiro atoms. The highest BCUT2D eigenvalue weighted by atomic mass is 19.1. The molecule has 0 atom stereocenters. The van der Waals surface area contributed by atoms with Crippen LogP contribution in [0.4, 0.5) is 18.9 Å². The summed E-state index contributed by atoms with van der Waals surface area (Å²) in [6.07, 6.45) is 0. The van der Waals surface area contributed by atoms with Gasteiger partial charge >= 0.3 is 11.9 Å². The van der Waals surface area contributed by atoms with E-state index in [2.05, 4.69) is 0 Å². The predicted octanol–water partition coefficient (Wildman–Crippen LogP) is 3.02. The molecule has 2 N–H and O–H groups in total. The molecular formula is C18H16F3NO5. The second-order valence-corrected chi connectivity index (χ2v) is 5.50. The molecule has 1 heterocycles. The monoisotopic (exact) mass is 383 g/mol. The molecule has 0 saturated carbocycles. The summed E-state index contributed by atoms with van der Waals surface area (Å²) in [5, 5.41) is 17.3. The van der Waals surface area contributed by atoms with Crippen LogP contribution in [0.15, 0.2) is 36.4 Å². The van der Waals surface area contributed by atoms with Gasteiger partial charge in [-0.3, -0.25) is 0 Å². The summed E-state index contributed by atoms with van der Waals surface area (Å²) in [5.74, 6) is -4.71. The molecule has 0 amide bonds. The fourth-order valence-electron chi connectivity index (χ4n) is 2.41. The SMILES string of the molecule is O=C(O)c1ccc(F)cc1F.O=C(O)c1ccc(F)cc1N1CCOCC1. The van der Waals surface area contributed by atoms with Gasteiger partial charge in [-0.05, 0) is 30.3 Å². The molecule has 0 aliphatic carbocycles. The maximum Gasteiger partial charge on any atom is 0.338 e. The van der Waals surface area contributed by atoms with Crippen molar-refractivity contribution in [2.75, 3.05) is 31.2 Å². The molecule has 0 aromatic heterocycles. The molecule has 2 aromatic carbocycles. The van der Waals surface area contributed by atoms with Gasteiger partial charge in [0.05, 0.1) is 30.0 Å². The van der Waals surface area contributed by atoms with Gasteiger partial charge in [0.15, 0.2) is 0 Å². The van der Waals surface area contributed by atoms with E-state index in [-0.39, 0.29) is 5.56 Å². The molecule has 3 rings (SSSR count). The van der Waals surface area contributed by atoms with Crippen LogP contribution in [0, 0.1) is 17.5 Å². The topological polar surface area (TPSA) is 87.1 Å². The number of benzene rings is 2. The van der Waals surface area contributed by atoms with E-state index in [1.165, 1.54) is 12.1 Å². The van der Waals surface area contributed by atoms with Crippen LogP contribution in [0.1, 0.15) is 20.7 Å². The Morgan fingerprint density at radius 3 is 1.89 bits per heavy atom. The molecule has 0 unspecified atom stereocenters. The van der Waals surface area contributed by atoms with Gasteiger partial charge in [-0.15, -0.1) is 0 Å². The van der Waals surface area contributed by atoms with Gasteiger partial charge in [0.1, 0.15) is 17.5 Å². The lowest BCUT2D eigenvalue weighted by atomic mass is 10.1. The van der Waals surface area contributed by atoms with Crippen LogP contribution >= 0.6 is 0 Å². The fraction of sp³-hybridized carbons (Fsp3) is 0.222. The Morgan fingerprint density at radius 1 is 0.852 bits per heavy atom. The smallest absolute Gasteiger partial charge is 0.338 e. The minimum atomic E-state index is -1.40. The largest absolute Gasteiger partial charge is 0.478 e. The molecule has 27 heavy (non-hydrogen) atoms. The Morgan fingerprint density at radius 2 is 1.37 bits per heavy atom. The Hall–Kier alpha value is -3.07. The number of morpholine rings is 1. The summed E-state index contributed by atoms with van der Waals surface area (Å²) < 4.78 is 42.9. The number of aromatic carboxylic acids is 2. The quantitative estimate of drug-likeness (QED) is 0.847. The zero-order chi connectivity index (χ0) is 20.0. The Bertz CT molecular complexity index is 838. The predicted molar refractivity (Wildman–Crippen MR) is 89.7 cm³/mol. The third kappa shape index (κ3) is 5.45. The third-order valence-corrected chi connectivity index (χ3v) is 3.70. The first kappa shape index (κ1) is 20.2. The number of carboxylic acid groups (broad SMARTS) is 2. The Labute approximate surface area is 152 Å². The van der Waals surface area contributed by atoms with Gasteiger partial charge in [0.2, 0.25) is 0 Å². The molecule has 1 aliphatic heterocycles. The zero-order valence-electron chi connectivity index (χ0n) is 14.0. The van der Waals surface area contributed by atoms with Crippen molar-refractivity contribution in [1.29, 1.82) is 0 Å². The number of rotatable bonds is 3. The average molecular weight is 383 g/mol. The Balaban J connectivity index is 0.000000208. The average Bonchev–Trinajstić information content (AvgIpc) is 2.62. The first-order valence-corrected chi connectivity index (χ1v) is 7.83. The van der Waals surface area contributed by atoms with E-state index >= 15 is 0 Å². The van der Waals surface area contributed by atoms with Crippen LogP contribution in [0.3, 0.4) is 0 Å². The van der Waals surface area contributed by atoms with Crippen LogP contribution in [-0.4, -0.2) is 48.5 Å². The van der Waals surface area contributed by atoms with Crippen molar-refractivity contribution in [3.8, 4) is 0 Å². The number of nitrogens with zero attached hydrogens (tertiary/aromatic N) is 1. The minimum Gasteiger partial charge on any atom is -0.478 e. The van der Waals surface area contributed by atoms with Gasteiger partial charge in [-0.1, -0.05) is 0 Å². The maximum atomic E-state index is 13.1. The summed E-state index contributed by atoms with van der Waals surface area (Å²) in [6.45, 7) is 2.25. The van der Waals surface area contributed by atoms with Gasteiger partial charge in [0.25, 0.3) is 0 Å². The number of carboxylic acids is 2. The highest BCUT2D eigenvalue weighted by Gasteiger charge is 2.18. The van der Waals surface area contributed by atoms with Gasteiger partial charge in [0, 0.05) is 19.2 Å². The van der Waals surface area contributed by atoms with Crippen molar-refractivity contribution in [3.63, 3.8) is 0 Å². The number of ether oxygens (including phenoxy) is 1. The van der Waals surface area contributed by atoms with Crippen LogP contribution in [-0.2, 0) is 4.74 Å². The first-order chi connectivity index (χ1) is 12.8. The number of carbonyl (C=O) groups is 2. The van der Waals surface area contributed by atoms with E-state index < -0.39 is 35.0 Å². The van der Waals surface area contributed by atoms with E-state index in [9.17, 15) is 22.8 Å². The molecule has 1 aliphatic rings. The summed E-state index contributed by atoms with van der Waals surface area (Å²) in [7, 11) is 0. The maximum absolute atomic E-state index is 13.1. The number of hydrogen-bond donors (Lipinski definition) is 2. The van der Waals surface area contributed by atoms with E-state index in [1.807, 2.05) is 4.90 Å². The fourth-order valence-corrected chi connectivity index (χ4v) is 2.41. The van der Waals surface area contributed by atoms with Crippen molar-refractivity contribution in [2.24, 2.45) is 0 Å². The molecule has 1 fully saturated rings. The summed E-state index contributed by atoms with van der Waals surface area (Å²) in [5.41, 5.74) is 0.0329. The van der Waals surface area contributed by atoms with Crippen LogP contribution in [0.25, 0.3) is 0 Å². The van der Waals surface area contributed by atoms with Crippen LogP contribution < -0.4 is 4.90 Å². The standard InChI is InChI=1S/C11H12FNO3.C7H4F2O2/c12-8-1-2-9(11(14)15)10(7-8)13-3-5-16-6-4-13;8-4-1-2-5(7(10)11)6(9)3-4/h1-2,7H,3-6H2,(H,14,15);1-3H,(H,10,11).